The highest BCUT2D eigenvalue weighted by Gasteiger charge is 2.25. The van der Waals surface area contributed by atoms with Gasteiger partial charge in [0.2, 0.25) is 0 Å². The molecule has 6 nitrogen and oxygen atoms in total. The van der Waals surface area contributed by atoms with Crippen LogP contribution in [-0.4, -0.2) is 28.0 Å². The van der Waals surface area contributed by atoms with E-state index in [-0.39, 0.29) is 5.97 Å². The van der Waals surface area contributed by atoms with E-state index in [1.807, 2.05) is 20.0 Å². The molecule has 0 spiro atoms. The van der Waals surface area contributed by atoms with Crippen molar-refractivity contribution in [2.75, 3.05) is 17.7 Å². The first kappa shape index (κ1) is 17.9. The normalized spacial score (nSPS) is 13.7. The van der Waals surface area contributed by atoms with E-state index in [0.717, 1.165) is 41.9 Å². The second-order valence-electron chi connectivity index (χ2n) is 6.13. The maximum Gasteiger partial charge on any atom is 0.341 e. The summed E-state index contributed by atoms with van der Waals surface area (Å²) in [4.78, 5) is 13.6. The fourth-order valence-electron chi connectivity index (χ4n) is 3.02. The van der Waals surface area contributed by atoms with Crippen molar-refractivity contribution >= 4 is 45.5 Å². The van der Waals surface area contributed by atoms with Crippen LogP contribution in [0.25, 0.3) is 0 Å². The number of nitrogens with one attached hydrogen (secondary N) is 2. The maximum atomic E-state index is 12.3. The summed E-state index contributed by atoms with van der Waals surface area (Å²) in [7, 11) is 3.29. The van der Waals surface area contributed by atoms with E-state index in [1.165, 1.54) is 18.4 Å². The molecule has 2 aromatic rings. The number of nitrogens with zero attached hydrogens (tertiary/aromatic N) is 2. The van der Waals surface area contributed by atoms with Gasteiger partial charge in [0.25, 0.3) is 0 Å². The summed E-state index contributed by atoms with van der Waals surface area (Å²) >= 11 is 7.00. The van der Waals surface area contributed by atoms with Crippen molar-refractivity contribution in [3.8, 4) is 0 Å². The average Bonchev–Trinajstić information content (AvgIpc) is 2.95. The number of hydrogen-bond donors (Lipinski definition) is 2. The predicted octanol–water partition coefficient (Wildman–Crippen LogP) is 3.65. The van der Waals surface area contributed by atoms with Crippen LogP contribution in [0.2, 0.25) is 0 Å². The van der Waals surface area contributed by atoms with Crippen molar-refractivity contribution in [3.05, 3.63) is 27.8 Å². The van der Waals surface area contributed by atoms with Crippen LogP contribution in [0, 0.1) is 6.92 Å². The molecule has 8 heteroatoms. The Morgan fingerprint density at radius 3 is 2.76 bits per heavy atom. The number of ether oxygens (including phenoxy) is 1. The molecule has 0 atom stereocenters. The lowest BCUT2D eigenvalue weighted by Crippen LogP contribution is -2.20. The van der Waals surface area contributed by atoms with Crippen LogP contribution in [0.15, 0.2) is 6.07 Å². The molecule has 0 radical (unpaired) electrons. The molecule has 134 valence electrons. The minimum atomic E-state index is -0.307. The molecule has 0 amide bonds. The van der Waals surface area contributed by atoms with E-state index in [2.05, 4.69) is 15.7 Å². The molecule has 3 rings (SSSR count). The third-order valence-electron chi connectivity index (χ3n) is 4.39. The molecule has 1 aliphatic carbocycles. The van der Waals surface area contributed by atoms with Gasteiger partial charge in [-0.25, -0.2) is 4.79 Å². The quantitative estimate of drug-likeness (QED) is 0.483. The number of anilines is 2. The molecule has 0 unspecified atom stereocenters. The Morgan fingerprint density at radius 1 is 1.32 bits per heavy atom. The zero-order valence-electron chi connectivity index (χ0n) is 14.6. The average molecular weight is 379 g/mol. The number of hydrogen-bond acceptors (Lipinski definition) is 5. The highest BCUT2D eigenvalue weighted by atomic mass is 32.1. The SMILES string of the molecule is COC(=O)c1c(NC(=S)Nc2cc(C)n(C)n2)sc2c1CCCCC2. The number of thiophene rings is 1. The van der Waals surface area contributed by atoms with Crippen molar-refractivity contribution in [3.63, 3.8) is 0 Å². The number of aryl methyl sites for hydroxylation is 3. The maximum absolute atomic E-state index is 12.3. The van der Waals surface area contributed by atoms with E-state index in [9.17, 15) is 4.79 Å². The molecule has 1 aliphatic rings. The van der Waals surface area contributed by atoms with Crippen LogP contribution in [0.4, 0.5) is 10.8 Å². The van der Waals surface area contributed by atoms with Crippen LogP contribution in [0.5, 0.6) is 0 Å². The summed E-state index contributed by atoms with van der Waals surface area (Å²) in [5, 5.41) is 11.7. The van der Waals surface area contributed by atoms with E-state index >= 15 is 0 Å². The minimum Gasteiger partial charge on any atom is -0.465 e. The van der Waals surface area contributed by atoms with Crippen LogP contribution in [0.1, 0.15) is 45.8 Å². The first-order chi connectivity index (χ1) is 12.0. The van der Waals surface area contributed by atoms with Crippen LogP contribution in [0.3, 0.4) is 0 Å². The van der Waals surface area contributed by atoms with Gasteiger partial charge in [-0.1, -0.05) is 6.42 Å². The molecule has 0 saturated heterocycles. The number of methoxy groups -OCH3 is 1. The zero-order valence-corrected chi connectivity index (χ0v) is 16.3. The lowest BCUT2D eigenvalue weighted by atomic mass is 10.1. The number of carbonyl (C=O) groups is 1. The van der Waals surface area contributed by atoms with Gasteiger partial charge in [0.05, 0.1) is 12.7 Å². The number of aromatic nitrogens is 2. The number of esters is 1. The van der Waals surface area contributed by atoms with Crippen LogP contribution < -0.4 is 10.6 Å². The Kier molecular flexibility index (Phi) is 5.39. The third-order valence-corrected chi connectivity index (χ3v) is 5.80. The highest BCUT2D eigenvalue weighted by Crippen LogP contribution is 2.38. The Hall–Kier alpha value is -1.93. The van der Waals surface area contributed by atoms with Gasteiger partial charge in [-0.05, 0) is 50.4 Å². The van der Waals surface area contributed by atoms with Gasteiger partial charge in [-0.2, -0.15) is 5.10 Å². The molecule has 0 aliphatic heterocycles. The second-order valence-corrected chi connectivity index (χ2v) is 7.65. The molecular weight excluding hydrogens is 356 g/mol. The van der Waals surface area contributed by atoms with E-state index < -0.39 is 0 Å². The summed E-state index contributed by atoms with van der Waals surface area (Å²) in [5.41, 5.74) is 2.78. The summed E-state index contributed by atoms with van der Waals surface area (Å²) in [6.07, 6.45) is 5.37. The van der Waals surface area contributed by atoms with Gasteiger partial charge in [0, 0.05) is 23.7 Å². The van der Waals surface area contributed by atoms with Gasteiger partial charge in [0.1, 0.15) is 5.00 Å². The molecule has 0 aromatic carbocycles. The van der Waals surface area contributed by atoms with Gasteiger partial charge < -0.3 is 15.4 Å². The molecular formula is C17H22N4O2S2. The van der Waals surface area contributed by atoms with Crippen molar-refractivity contribution < 1.29 is 9.53 Å². The van der Waals surface area contributed by atoms with Gasteiger partial charge in [-0.15, -0.1) is 11.3 Å². The Morgan fingerprint density at radius 2 is 2.08 bits per heavy atom. The molecule has 2 N–H and O–H groups in total. The topological polar surface area (TPSA) is 68.2 Å². The molecule has 25 heavy (non-hydrogen) atoms. The number of carbonyl (C=O) groups excluding carboxylic acids is 1. The number of thiocarbonyl (C=S) groups is 1. The molecule has 2 heterocycles. The zero-order chi connectivity index (χ0) is 18.0. The number of fused-ring (bicyclic) bond motifs is 1. The lowest BCUT2D eigenvalue weighted by Gasteiger charge is -2.09. The summed E-state index contributed by atoms with van der Waals surface area (Å²) < 4.78 is 6.79. The minimum absolute atomic E-state index is 0.307. The lowest BCUT2D eigenvalue weighted by molar-refractivity contribution is 0.0601. The Balaban J connectivity index is 1.83. The predicted molar refractivity (Wildman–Crippen MR) is 105 cm³/mol. The smallest absolute Gasteiger partial charge is 0.341 e. The summed E-state index contributed by atoms with van der Waals surface area (Å²) in [6.45, 7) is 1.97. The number of rotatable bonds is 3. The summed E-state index contributed by atoms with van der Waals surface area (Å²) in [5.74, 6) is 0.369. The second kappa shape index (κ2) is 7.53. The van der Waals surface area contributed by atoms with E-state index in [4.69, 9.17) is 17.0 Å². The van der Waals surface area contributed by atoms with Gasteiger partial charge >= 0.3 is 5.97 Å². The monoisotopic (exact) mass is 378 g/mol. The highest BCUT2D eigenvalue weighted by molar-refractivity contribution is 7.80. The fraction of sp³-hybridized carbons (Fsp3) is 0.471. The molecule has 0 fully saturated rings. The Labute approximate surface area is 156 Å². The molecule has 2 aromatic heterocycles. The van der Waals surface area contributed by atoms with Gasteiger partial charge in [0.15, 0.2) is 10.9 Å². The summed E-state index contributed by atoms with van der Waals surface area (Å²) in [6, 6.07) is 1.92. The molecule has 0 bridgehead atoms. The largest absolute Gasteiger partial charge is 0.465 e. The standard InChI is InChI=1S/C17H22N4O2S2/c1-10-9-13(20-21(10)2)18-17(24)19-15-14(16(22)23-3)11-7-5-4-6-8-12(11)25-15/h9H,4-8H2,1-3H3,(H2,18,19,20,24). The van der Waals surface area contributed by atoms with Crippen LogP contribution >= 0.6 is 23.6 Å². The van der Waals surface area contributed by atoms with E-state index in [0.29, 0.717) is 16.5 Å². The van der Waals surface area contributed by atoms with Crippen molar-refractivity contribution in [1.82, 2.24) is 9.78 Å². The molecule has 0 saturated carbocycles. The Bertz CT molecular complexity index is 790. The van der Waals surface area contributed by atoms with Crippen LogP contribution in [-0.2, 0) is 24.6 Å². The first-order valence-corrected chi connectivity index (χ1v) is 9.53. The first-order valence-electron chi connectivity index (χ1n) is 8.31. The van der Waals surface area contributed by atoms with Crippen molar-refractivity contribution in [2.45, 2.75) is 39.0 Å². The van der Waals surface area contributed by atoms with E-state index in [1.54, 1.807) is 16.0 Å². The van der Waals surface area contributed by atoms with Crippen molar-refractivity contribution in [2.24, 2.45) is 7.05 Å². The van der Waals surface area contributed by atoms with Crippen molar-refractivity contribution in [1.29, 1.82) is 0 Å². The van der Waals surface area contributed by atoms with Gasteiger partial charge in [-0.3, -0.25) is 4.68 Å². The fourth-order valence-corrected chi connectivity index (χ4v) is 4.57. The third kappa shape index (κ3) is 3.85.